The highest BCUT2D eigenvalue weighted by atomic mass is 35.5. The Morgan fingerprint density at radius 3 is 2.52 bits per heavy atom. The van der Waals surface area contributed by atoms with Crippen LogP contribution in [0.1, 0.15) is 17.4 Å². The van der Waals surface area contributed by atoms with Crippen LogP contribution in [0, 0.1) is 0 Å². The Bertz CT molecular complexity index is 1380. The maximum absolute atomic E-state index is 13.0. The first kappa shape index (κ1) is 21.6. The van der Waals surface area contributed by atoms with Crippen molar-refractivity contribution >= 4 is 51.1 Å². The van der Waals surface area contributed by atoms with Gasteiger partial charge in [0.15, 0.2) is 0 Å². The molecule has 5 rings (SSSR count). The summed E-state index contributed by atoms with van der Waals surface area (Å²) in [6, 6.07) is 29.6. The molecule has 0 spiro atoms. The number of H-pyrrole nitrogens is 1. The van der Waals surface area contributed by atoms with Crippen molar-refractivity contribution in [3.05, 3.63) is 107 Å². The molecule has 1 amide bonds. The summed E-state index contributed by atoms with van der Waals surface area (Å²) in [6.07, 6.45) is 0.650. The van der Waals surface area contributed by atoms with E-state index in [9.17, 15) is 4.79 Å². The minimum atomic E-state index is -0.260. The van der Waals surface area contributed by atoms with E-state index in [2.05, 4.69) is 22.4 Å². The van der Waals surface area contributed by atoms with Gasteiger partial charge in [-0.15, -0.1) is 11.8 Å². The molecule has 1 aromatic heterocycles. The molecule has 0 radical (unpaired) electrons. The number of thioether (sulfide) groups is 1. The predicted molar refractivity (Wildman–Crippen MR) is 137 cm³/mol. The van der Waals surface area contributed by atoms with E-state index >= 15 is 0 Å². The van der Waals surface area contributed by atoms with Crippen molar-refractivity contribution in [3.63, 3.8) is 0 Å². The third-order valence-electron chi connectivity index (χ3n) is 5.53. The standard InChI is InChI=1S/C27H22ClN3OS/c28-20-12-6-10-19-11-7-15-24(26(19)20)33-17-25(32)29-23(16-18-8-2-1-3-9-18)27-30-21-13-4-5-14-22(21)31-27/h1-15,23H,16-17H2,(H,29,32)(H,30,31). The number of amides is 1. The van der Waals surface area contributed by atoms with E-state index in [-0.39, 0.29) is 17.7 Å². The van der Waals surface area contributed by atoms with Gasteiger partial charge in [0.2, 0.25) is 5.91 Å². The molecule has 4 nitrogen and oxygen atoms in total. The van der Waals surface area contributed by atoms with Crippen LogP contribution in [0.15, 0.2) is 95.9 Å². The third-order valence-corrected chi connectivity index (χ3v) is 6.90. The monoisotopic (exact) mass is 471 g/mol. The second-order valence-corrected chi connectivity index (χ2v) is 9.26. The number of fused-ring (bicyclic) bond motifs is 2. The van der Waals surface area contributed by atoms with Gasteiger partial charge in [0.25, 0.3) is 0 Å². The summed E-state index contributed by atoms with van der Waals surface area (Å²) < 4.78 is 0. The van der Waals surface area contributed by atoms with Gasteiger partial charge in [0.1, 0.15) is 5.82 Å². The number of aromatic nitrogens is 2. The molecule has 0 fully saturated rings. The number of hydrogen-bond acceptors (Lipinski definition) is 3. The van der Waals surface area contributed by atoms with Gasteiger partial charge in [0.05, 0.1) is 22.8 Å². The lowest BCUT2D eigenvalue weighted by Gasteiger charge is -2.17. The lowest BCUT2D eigenvalue weighted by Crippen LogP contribution is -2.32. The number of carbonyl (C=O) groups excluding carboxylic acids is 1. The van der Waals surface area contributed by atoms with E-state index in [0.717, 1.165) is 38.1 Å². The van der Waals surface area contributed by atoms with Crippen LogP contribution in [0.4, 0.5) is 0 Å². The molecule has 0 aliphatic rings. The molecule has 164 valence electrons. The molecule has 5 aromatic rings. The van der Waals surface area contributed by atoms with Gasteiger partial charge < -0.3 is 10.3 Å². The topological polar surface area (TPSA) is 57.8 Å². The van der Waals surface area contributed by atoms with Crippen LogP contribution >= 0.6 is 23.4 Å². The number of rotatable bonds is 7. The van der Waals surface area contributed by atoms with Crippen LogP contribution in [-0.4, -0.2) is 21.6 Å². The van der Waals surface area contributed by atoms with Crippen LogP contribution in [0.25, 0.3) is 21.8 Å². The molecule has 0 aliphatic carbocycles. The first-order valence-electron chi connectivity index (χ1n) is 10.8. The summed E-state index contributed by atoms with van der Waals surface area (Å²) in [6.45, 7) is 0. The zero-order valence-corrected chi connectivity index (χ0v) is 19.4. The summed E-state index contributed by atoms with van der Waals surface area (Å²) >= 11 is 7.94. The SMILES string of the molecule is O=C(CSc1cccc2cccc(Cl)c12)NC(Cc1ccccc1)c1nc2ccccc2[nH]1. The van der Waals surface area contributed by atoms with Crippen LogP contribution in [-0.2, 0) is 11.2 Å². The third kappa shape index (κ3) is 4.90. The molecule has 33 heavy (non-hydrogen) atoms. The maximum atomic E-state index is 13.0. The normalized spacial score (nSPS) is 12.2. The maximum Gasteiger partial charge on any atom is 0.230 e. The molecule has 0 saturated heterocycles. The molecule has 4 aromatic carbocycles. The fourth-order valence-electron chi connectivity index (χ4n) is 3.97. The summed E-state index contributed by atoms with van der Waals surface area (Å²) in [4.78, 5) is 22.1. The zero-order chi connectivity index (χ0) is 22.6. The highest BCUT2D eigenvalue weighted by Gasteiger charge is 2.19. The van der Waals surface area contributed by atoms with Crippen molar-refractivity contribution in [2.24, 2.45) is 0 Å². The molecule has 2 N–H and O–H groups in total. The Kier molecular flexibility index (Phi) is 6.33. The van der Waals surface area contributed by atoms with Gasteiger partial charge in [-0.25, -0.2) is 4.98 Å². The van der Waals surface area contributed by atoms with E-state index in [4.69, 9.17) is 16.6 Å². The average Bonchev–Trinajstić information content (AvgIpc) is 3.27. The second kappa shape index (κ2) is 9.69. The molecule has 6 heteroatoms. The summed E-state index contributed by atoms with van der Waals surface area (Å²) in [5.41, 5.74) is 2.98. The highest BCUT2D eigenvalue weighted by molar-refractivity contribution is 8.00. The van der Waals surface area contributed by atoms with E-state index in [1.54, 1.807) is 0 Å². The number of nitrogens with zero attached hydrogens (tertiary/aromatic N) is 1. The van der Waals surface area contributed by atoms with Gasteiger partial charge in [0, 0.05) is 15.3 Å². The largest absolute Gasteiger partial charge is 0.345 e. The molecular weight excluding hydrogens is 450 g/mol. The van der Waals surface area contributed by atoms with E-state index in [1.165, 1.54) is 11.8 Å². The number of aromatic amines is 1. The van der Waals surface area contributed by atoms with Crippen LogP contribution in [0.3, 0.4) is 0 Å². The van der Waals surface area contributed by atoms with Crippen LogP contribution in [0.5, 0.6) is 0 Å². The van der Waals surface area contributed by atoms with Crippen molar-refractivity contribution in [2.75, 3.05) is 5.75 Å². The van der Waals surface area contributed by atoms with Gasteiger partial charge in [-0.05, 0) is 41.6 Å². The number of para-hydroxylation sites is 2. The van der Waals surface area contributed by atoms with Gasteiger partial charge >= 0.3 is 0 Å². The molecule has 1 unspecified atom stereocenters. The molecule has 0 saturated carbocycles. The Balaban J connectivity index is 1.36. The van der Waals surface area contributed by atoms with Crippen molar-refractivity contribution in [1.29, 1.82) is 0 Å². The van der Waals surface area contributed by atoms with Gasteiger partial charge in [-0.1, -0.05) is 78.3 Å². The number of carbonyl (C=O) groups is 1. The molecule has 0 aliphatic heterocycles. The Morgan fingerprint density at radius 1 is 0.939 bits per heavy atom. The van der Waals surface area contributed by atoms with Crippen molar-refractivity contribution in [1.82, 2.24) is 15.3 Å². The van der Waals surface area contributed by atoms with Crippen LogP contribution in [0.2, 0.25) is 5.02 Å². The van der Waals surface area contributed by atoms with Gasteiger partial charge in [-0.3, -0.25) is 4.79 Å². The fraction of sp³-hybridized carbons (Fsp3) is 0.111. The molecule has 1 atom stereocenters. The Labute approximate surface area is 201 Å². The average molecular weight is 472 g/mol. The lowest BCUT2D eigenvalue weighted by molar-refractivity contribution is -0.119. The quantitative estimate of drug-likeness (QED) is 0.264. The van der Waals surface area contributed by atoms with Gasteiger partial charge in [-0.2, -0.15) is 0 Å². The number of imidazole rings is 1. The Hall–Kier alpha value is -3.28. The van der Waals surface area contributed by atoms with E-state index in [1.807, 2.05) is 78.9 Å². The summed E-state index contributed by atoms with van der Waals surface area (Å²) in [7, 11) is 0. The number of nitrogens with one attached hydrogen (secondary N) is 2. The minimum Gasteiger partial charge on any atom is -0.345 e. The molecular formula is C27H22ClN3OS. The molecule has 1 heterocycles. The number of hydrogen-bond donors (Lipinski definition) is 2. The van der Waals surface area contributed by atoms with E-state index in [0.29, 0.717) is 11.4 Å². The van der Waals surface area contributed by atoms with Crippen molar-refractivity contribution in [3.8, 4) is 0 Å². The second-order valence-electron chi connectivity index (χ2n) is 7.83. The smallest absolute Gasteiger partial charge is 0.230 e. The highest BCUT2D eigenvalue weighted by Crippen LogP contribution is 2.33. The van der Waals surface area contributed by atoms with Crippen LogP contribution < -0.4 is 5.32 Å². The predicted octanol–water partition coefficient (Wildman–Crippen LogP) is 6.56. The van der Waals surface area contributed by atoms with Crippen molar-refractivity contribution < 1.29 is 4.79 Å². The Morgan fingerprint density at radius 2 is 1.70 bits per heavy atom. The summed E-state index contributed by atoms with van der Waals surface area (Å²) in [5, 5.41) is 5.93. The number of benzene rings is 4. The molecule has 0 bridgehead atoms. The first-order valence-corrected chi connectivity index (χ1v) is 12.1. The number of halogens is 1. The van der Waals surface area contributed by atoms with E-state index < -0.39 is 0 Å². The minimum absolute atomic E-state index is 0.0505. The summed E-state index contributed by atoms with van der Waals surface area (Å²) in [5.74, 6) is 0.993. The fourth-order valence-corrected chi connectivity index (χ4v) is 5.22. The first-order chi connectivity index (χ1) is 16.2. The lowest BCUT2D eigenvalue weighted by atomic mass is 10.1. The zero-order valence-electron chi connectivity index (χ0n) is 17.8. The van der Waals surface area contributed by atoms with Crippen molar-refractivity contribution in [2.45, 2.75) is 17.4 Å².